The van der Waals surface area contributed by atoms with Crippen molar-refractivity contribution in [3.05, 3.63) is 132 Å². The molecule has 34 heavy (non-hydrogen) atoms. The lowest BCUT2D eigenvalue weighted by Crippen LogP contribution is -1.99. The lowest BCUT2D eigenvalue weighted by Gasteiger charge is -2.10. The Bertz CT molecular complexity index is 1520. The van der Waals surface area contributed by atoms with Gasteiger partial charge in [0.05, 0.1) is 0 Å². The molecule has 2 nitrogen and oxygen atoms in total. The summed E-state index contributed by atoms with van der Waals surface area (Å²) >= 11 is 0. The van der Waals surface area contributed by atoms with Crippen molar-refractivity contribution in [2.75, 3.05) is 0 Å². The standard InChI is InChI=1S/C30H22F2N2/c31-27-5-1-3-21(15-27)19-33-13-11-23-7-9-25(17-29(23)33)26-10-8-24-12-14-34(30(24)18-26)20-22-4-2-6-28(32)16-22/h1-18H,19-20H2. The van der Waals surface area contributed by atoms with Crippen LogP contribution in [0.5, 0.6) is 0 Å². The summed E-state index contributed by atoms with van der Waals surface area (Å²) < 4.78 is 31.6. The highest BCUT2D eigenvalue weighted by atomic mass is 19.1. The Kier molecular flexibility index (Phi) is 4.99. The number of aromatic nitrogens is 2. The average Bonchev–Trinajstić information content (AvgIpc) is 3.42. The molecule has 0 aliphatic heterocycles. The molecular weight excluding hydrogens is 426 g/mol. The summed E-state index contributed by atoms with van der Waals surface area (Å²) in [5, 5.41) is 2.30. The summed E-state index contributed by atoms with van der Waals surface area (Å²) in [6.07, 6.45) is 4.10. The fourth-order valence-corrected chi connectivity index (χ4v) is 4.67. The molecule has 4 heteroatoms. The van der Waals surface area contributed by atoms with Gasteiger partial charge in [-0.2, -0.15) is 0 Å². The van der Waals surface area contributed by atoms with Crippen LogP contribution < -0.4 is 0 Å². The third-order valence-electron chi connectivity index (χ3n) is 6.37. The Morgan fingerprint density at radius 2 is 0.971 bits per heavy atom. The van der Waals surface area contributed by atoms with E-state index >= 15 is 0 Å². The molecule has 0 aliphatic rings. The molecule has 4 aromatic carbocycles. The topological polar surface area (TPSA) is 9.86 Å². The minimum absolute atomic E-state index is 0.218. The first-order valence-electron chi connectivity index (χ1n) is 11.3. The van der Waals surface area contributed by atoms with Gasteiger partial charge >= 0.3 is 0 Å². The van der Waals surface area contributed by atoms with Crippen molar-refractivity contribution < 1.29 is 8.78 Å². The largest absolute Gasteiger partial charge is 0.343 e. The van der Waals surface area contributed by atoms with E-state index in [-0.39, 0.29) is 11.6 Å². The summed E-state index contributed by atoms with van der Waals surface area (Å²) in [5.74, 6) is -0.437. The average molecular weight is 449 g/mol. The maximum atomic E-state index is 13.7. The molecule has 166 valence electrons. The van der Waals surface area contributed by atoms with Crippen LogP contribution in [0.25, 0.3) is 32.9 Å². The first kappa shape index (κ1) is 20.4. The van der Waals surface area contributed by atoms with Crippen LogP contribution in [0.4, 0.5) is 8.78 Å². The van der Waals surface area contributed by atoms with Crippen molar-refractivity contribution in [3.63, 3.8) is 0 Å². The molecule has 2 aromatic heterocycles. The second-order valence-corrected chi connectivity index (χ2v) is 8.69. The predicted octanol–water partition coefficient (Wildman–Crippen LogP) is 7.64. The number of nitrogens with zero attached hydrogens (tertiary/aromatic N) is 2. The van der Waals surface area contributed by atoms with E-state index in [0.717, 1.165) is 44.1 Å². The molecule has 0 amide bonds. The lowest BCUT2D eigenvalue weighted by atomic mass is 10.0. The Hall–Kier alpha value is -4.18. The van der Waals surface area contributed by atoms with Crippen molar-refractivity contribution in [1.82, 2.24) is 9.13 Å². The number of halogens is 2. The van der Waals surface area contributed by atoms with Gasteiger partial charge in [0.15, 0.2) is 0 Å². The molecule has 0 unspecified atom stereocenters. The van der Waals surface area contributed by atoms with Crippen molar-refractivity contribution in [3.8, 4) is 11.1 Å². The van der Waals surface area contributed by atoms with Gasteiger partial charge in [-0.3, -0.25) is 0 Å². The molecule has 0 saturated carbocycles. The van der Waals surface area contributed by atoms with Crippen LogP contribution >= 0.6 is 0 Å². The van der Waals surface area contributed by atoms with Gasteiger partial charge in [-0.15, -0.1) is 0 Å². The van der Waals surface area contributed by atoms with Crippen molar-refractivity contribution in [2.45, 2.75) is 13.1 Å². The zero-order valence-corrected chi connectivity index (χ0v) is 18.5. The van der Waals surface area contributed by atoms with Gasteiger partial charge in [-0.05, 0) is 81.6 Å². The van der Waals surface area contributed by atoms with Crippen LogP contribution in [0.2, 0.25) is 0 Å². The highest BCUT2D eigenvalue weighted by Crippen LogP contribution is 2.29. The van der Waals surface area contributed by atoms with E-state index in [0.29, 0.717) is 13.1 Å². The maximum Gasteiger partial charge on any atom is 0.123 e. The van der Waals surface area contributed by atoms with Gasteiger partial charge in [-0.1, -0.05) is 48.5 Å². The maximum absolute atomic E-state index is 13.7. The number of hydrogen-bond donors (Lipinski definition) is 0. The van der Waals surface area contributed by atoms with Gasteiger partial charge in [0.25, 0.3) is 0 Å². The monoisotopic (exact) mass is 448 g/mol. The minimum Gasteiger partial charge on any atom is -0.343 e. The molecule has 0 fully saturated rings. The Labute approximate surface area is 196 Å². The van der Waals surface area contributed by atoms with Crippen LogP contribution in [0.15, 0.2) is 109 Å². The highest BCUT2D eigenvalue weighted by molar-refractivity contribution is 5.89. The molecule has 0 spiro atoms. The van der Waals surface area contributed by atoms with E-state index in [1.54, 1.807) is 24.3 Å². The van der Waals surface area contributed by atoms with Crippen LogP contribution in [0.3, 0.4) is 0 Å². The number of hydrogen-bond acceptors (Lipinski definition) is 0. The molecule has 0 atom stereocenters. The molecule has 0 N–H and O–H groups in total. The summed E-state index contributed by atoms with van der Waals surface area (Å²) in [6, 6.07) is 30.6. The fraction of sp³-hybridized carbons (Fsp3) is 0.0667. The zero-order chi connectivity index (χ0) is 23.1. The second-order valence-electron chi connectivity index (χ2n) is 8.69. The summed E-state index contributed by atoms with van der Waals surface area (Å²) in [5.41, 5.74) is 6.31. The van der Waals surface area contributed by atoms with E-state index in [9.17, 15) is 8.78 Å². The van der Waals surface area contributed by atoms with E-state index in [1.807, 2.05) is 24.5 Å². The molecule has 0 saturated heterocycles. The molecule has 0 bridgehead atoms. The number of benzene rings is 4. The van der Waals surface area contributed by atoms with E-state index in [4.69, 9.17) is 0 Å². The van der Waals surface area contributed by atoms with Crippen LogP contribution in [-0.4, -0.2) is 9.13 Å². The Morgan fingerprint density at radius 1 is 0.500 bits per heavy atom. The molecule has 6 aromatic rings. The first-order valence-corrected chi connectivity index (χ1v) is 11.3. The lowest BCUT2D eigenvalue weighted by molar-refractivity contribution is 0.623. The molecular formula is C30H22F2N2. The fourth-order valence-electron chi connectivity index (χ4n) is 4.67. The second kappa shape index (κ2) is 8.31. The van der Waals surface area contributed by atoms with Crippen molar-refractivity contribution in [1.29, 1.82) is 0 Å². The van der Waals surface area contributed by atoms with E-state index in [1.165, 1.54) is 12.1 Å². The molecule has 0 aliphatic carbocycles. The van der Waals surface area contributed by atoms with E-state index in [2.05, 4.69) is 57.7 Å². The smallest absolute Gasteiger partial charge is 0.123 e. The molecule has 2 heterocycles. The third-order valence-corrected chi connectivity index (χ3v) is 6.37. The van der Waals surface area contributed by atoms with Gasteiger partial charge in [0, 0.05) is 36.5 Å². The summed E-state index contributed by atoms with van der Waals surface area (Å²) in [6.45, 7) is 1.22. The first-order chi connectivity index (χ1) is 16.6. The van der Waals surface area contributed by atoms with Crippen LogP contribution in [-0.2, 0) is 13.1 Å². The minimum atomic E-state index is -0.218. The summed E-state index contributed by atoms with van der Waals surface area (Å²) in [7, 11) is 0. The SMILES string of the molecule is Fc1cccc(Cn2ccc3ccc(-c4ccc5ccn(Cc6cccc(F)c6)c5c4)cc32)c1. The molecule has 0 radical (unpaired) electrons. The Balaban J connectivity index is 1.37. The van der Waals surface area contributed by atoms with Crippen molar-refractivity contribution >= 4 is 21.8 Å². The normalized spacial score (nSPS) is 11.5. The number of fused-ring (bicyclic) bond motifs is 2. The van der Waals surface area contributed by atoms with Crippen LogP contribution in [0, 0.1) is 11.6 Å². The predicted molar refractivity (Wildman–Crippen MR) is 134 cm³/mol. The van der Waals surface area contributed by atoms with Crippen molar-refractivity contribution in [2.24, 2.45) is 0 Å². The quantitative estimate of drug-likeness (QED) is 0.256. The molecule has 6 rings (SSSR count). The number of rotatable bonds is 5. The van der Waals surface area contributed by atoms with Crippen LogP contribution in [0.1, 0.15) is 11.1 Å². The van der Waals surface area contributed by atoms with Gasteiger partial charge < -0.3 is 9.13 Å². The zero-order valence-electron chi connectivity index (χ0n) is 18.5. The summed E-state index contributed by atoms with van der Waals surface area (Å²) in [4.78, 5) is 0. The van der Waals surface area contributed by atoms with Gasteiger partial charge in [-0.25, -0.2) is 8.78 Å². The highest BCUT2D eigenvalue weighted by Gasteiger charge is 2.09. The van der Waals surface area contributed by atoms with Gasteiger partial charge in [0.2, 0.25) is 0 Å². The van der Waals surface area contributed by atoms with E-state index < -0.39 is 0 Å². The van der Waals surface area contributed by atoms with Gasteiger partial charge in [0.1, 0.15) is 11.6 Å². The third kappa shape index (κ3) is 3.88. The Morgan fingerprint density at radius 3 is 1.41 bits per heavy atom.